The highest BCUT2D eigenvalue weighted by molar-refractivity contribution is 5.61. The van der Waals surface area contributed by atoms with Crippen molar-refractivity contribution >= 4 is 0 Å². The summed E-state index contributed by atoms with van der Waals surface area (Å²) in [6.07, 6.45) is 2.97. The zero-order chi connectivity index (χ0) is 12.3. The van der Waals surface area contributed by atoms with Gasteiger partial charge < -0.3 is 0 Å². The minimum Gasteiger partial charge on any atom is -0.254 e. The molecule has 0 bridgehead atoms. The standard InChI is InChI=1S/C10H7ClN2O4/c14-11(15,16)17-9-5-3-7-13-10(9)8-4-1-2-6-12-8/h1-7H. The van der Waals surface area contributed by atoms with Crippen molar-refractivity contribution in [3.8, 4) is 17.1 Å². The maximum absolute atomic E-state index is 10.5. The van der Waals surface area contributed by atoms with Gasteiger partial charge in [0.2, 0.25) is 0 Å². The van der Waals surface area contributed by atoms with Gasteiger partial charge in [-0.25, -0.2) is 4.98 Å². The maximum atomic E-state index is 10.5. The summed E-state index contributed by atoms with van der Waals surface area (Å²) in [5, 5.41) is 0. The topological polar surface area (TPSA) is 104 Å². The highest BCUT2D eigenvalue weighted by Gasteiger charge is 2.24. The van der Waals surface area contributed by atoms with Gasteiger partial charge in [-0.3, -0.25) is 4.98 Å². The van der Waals surface area contributed by atoms with Crippen LogP contribution in [-0.2, 0) is 0 Å². The molecule has 2 aromatic rings. The molecule has 0 atom stereocenters. The summed E-state index contributed by atoms with van der Waals surface area (Å²) in [7, 11) is -4.55. The first-order chi connectivity index (χ1) is 8.06. The quantitative estimate of drug-likeness (QED) is 0.655. The van der Waals surface area contributed by atoms with E-state index in [0.29, 0.717) is 5.69 Å². The van der Waals surface area contributed by atoms with Crippen molar-refractivity contribution in [1.29, 1.82) is 0 Å². The number of hydrogen-bond acceptors (Lipinski definition) is 6. The molecule has 0 unspecified atom stereocenters. The summed E-state index contributed by atoms with van der Waals surface area (Å²) in [4.78, 5) is 7.94. The third-order valence-electron chi connectivity index (χ3n) is 1.86. The van der Waals surface area contributed by atoms with Gasteiger partial charge in [0.1, 0.15) is 15.9 Å². The summed E-state index contributed by atoms with van der Waals surface area (Å²) in [6.45, 7) is 0. The van der Waals surface area contributed by atoms with Gasteiger partial charge in [-0.05, 0) is 18.2 Å². The third-order valence-corrected chi connectivity index (χ3v) is 2.21. The van der Waals surface area contributed by atoms with E-state index >= 15 is 0 Å². The SMILES string of the molecule is [O-][Cl+3]([O-])([O-])Oc1cccnc1-c1ccccn1. The fraction of sp³-hybridized carbons (Fsp3) is 0. The van der Waals surface area contributed by atoms with Crippen LogP contribution < -0.4 is 18.3 Å². The van der Waals surface area contributed by atoms with Crippen LogP contribution in [-0.4, -0.2) is 9.97 Å². The predicted molar refractivity (Wildman–Crippen MR) is 48.1 cm³/mol. The van der Waals surface area contributed by atoms with E-state index in [-0.39, 0.29) is 11.4 Å². The Morgan fingerprint density at radius 3 is 2.35 bits per heavy atom. The Kier molecular flexibility index (Phi) is 3.21. The molecular weight excluding hydrogens is 248 g/mol. The molecule has 88 valence electrons. The van der Waals surface area contributed by atoms with E-state index in [0.717, 1.165) is 0 Å². The molecule has 0 N–H and O–H groups in total. The first-order valence-electron chi connectivity index (χ1n) is 4.53. The van der Waals surface area contributed by atoms with E-state index in [9.17, 15) is 14.0 Å². The molecule has 2 heterocycles. The van der Waals surface area contributed by atoms with E-state index in [4.69, 9.17) is 0 Å². The fourth-order valence-corrected chi connectivity index (χ4v) is 1.58. The Balaban J connectivity index is 2.41. The second-order valence-corrected chi connectivity index (χ2v) is 3.93. The highest BCUT2D eigenvalue weighted by Crippen LogP contribution is 2.26. The van der Waals surface area contributed by atoms with Crippen molar-refractivity contribution in [2.45, 2.75) is 0 Å². The molecule has 0 aliphatic carbocycles. The Hall–Kier alpha value is -1.73. The lowest BCUT2D eigenvalue weighted by Crippen LogP contribution is -2.63. The molecule has 0 fully saturated rings. The van der Waals surface area contributed by atoms with Crippen molar-refractivity contribution in [2.24, 2.45) is 0 Å². The molecule has 2 rings (SSSR count). The average Bonchev–Trinajstić information content (AvgIpc) is 2.29. The number of aromatic nitrogens is 2. The molecule has 7 heteroatoms. The van der Waals surface area contributed by atoms with Crippen LogP contribution in [0.15, 0.2) is 42.7 Å². The molecule has 17 heavy (non-hydrogen) atoms. The number of rotatable bonds is 3. The average molecular weight is 255 g/mol. The van der Waals surface area contributed by atoms with Crippen LogP contribution in [0.5, 0.6) is 5.75 Å². The zero-order valence-corrected chi connectivity index (χ0v) is 9.20. The van der Waals surface area contributed by atoms with E-state index in [1.807, 2.05) is 0 Å². The molecule has 0 radical (unpaired) electrons. The van der Waals surface area contributed by atoms with Crippen LogP contribution in [0.25, 0.3) is 11.4 Å². The smallest absolute Gasteiger partial charge is 0.254 e. The van der Waals surface area contributed by atoms with Crippen molar-refractivity contribution < 1.29 is 28.5 Å². The molecule has 0 saturated carbocycles. The molecule has 0 saturated heterocycles. The van der Waals surface area contributed by atoms with Gasteiger partial charge >= 0.3 is 5.75 Å². The first-order valence-corrected chi connectivity index (χ1v) is 5.76. The largest absolute Gasteiger partial charge is 0.315 e. The van der Waals surface area contributed by atoms with Gasteiger partial charge in [0.05, 0.1) is 5.69 Å². The molecule has 0 aromatic carbocycles. The summed E-state index contributed by atoms with van der Waals surface area (Å²) in [6, 6.07) is 7.84. The second-order valence-electron chi connectivity index (χ2n) is 3.02. The molecule has 0 aliphatic rings. The van der Waals surface area contributed by atoms with Crippen LogP contribution in [0.1, 0.15) is 0 Å². The van der Waals surface area contributed by atoms with E-state index in [1.54, 1.807) is 18.2 Å². The number of pyridine rings is 2. The number of hydrogen-bond donors (Lipinski definition) is 0. The molecule has 6 nitrogen and oxygen atoms in total. The zero-order valence-electron chi connectivity index (χ0n) is 8.45. The van der Waals surface area contributed by atoms with Gasteiger partial charge in [-0.15, -0.1) is 0 Å². The van der Waals surface area contributed by atoms with Crippen LogP contribution in [0.3, 0.4) is 0 Å². The minimum absolute atomic E-state index is 0.150. The molecular formula is C10H7ClN2O4. The summed E-state index contributed by atoms with van der Waals surface area (Å²) in [5.74, 6) is -0.150. The molecule has 2 aromatic heterocycles. The van der Waals surface area contributed by atoms with Crippen molar-refractivity contribution in [3.05, 3.63) is 42.7 Å². The van der Waals surface area contributed by atoms with Crippen LogP contribution in [0.4, 0.5) is 0 Å². The number of nitrogens with zero attached hydrogens (tertiary/aromatic N) is 2. The first kappa shape index (κ1) is 11.7. The van der Waals surface area contributed by atoms with E-state index in [2.05, 4.69) is 14.3 Å². The normalized spacial score (nSPS) is 11.2. The third kappa shape index (κ3) is 3.11. The second kappa shape index (κ2) is 4.64. The van der Waals surface area contributed by atoms with E-state index < -0.39 is 10.2 Å². The van der Waals surface area contributed by atoms with Crippen molar-refractivity contribution in [3.63, 3.8) is 0 Å². The summed E-state index contributed by atoms with van der Waals surface area (Å²) in [5.41, 5.74) is 0.613. The monoisotopic (exact) mass is 254 g/mol. The molecule has 0 spiro atoms. The van der Waals surface area contributed by atoms with Crippen LogP contribution in [0, 0.1) is 10.2 Å². The fourth-order valence-electron chi connectivity index (χ4n) is 1.25. The Labute approximate surface area is 98.9 Å². The molecule has 0 amide bonds. The lowest BCUT2D eigenvalue weighted by Gasteiger charge is -2.13. The van der Waals surface area contributed by atoms with Gasteiger partial charge in [0.25, 0.3) is 0 Å². The van der Waals surface area contributed by atoms with Crippen LogP contribution >= 0.6 is 0 Å². The molecule has 0 aliphatic heterocycles. The minimum atomic E-state index is -4.55. The highest BCUT2D eigenvalue weighted by atomic mass is 35.7. The van der Waals surface area contributed by atoms with E-state index in [1.165, 1.54) is 24.5 Å². The Morgan fingerprint density at radius 1 is 0.941 bits per heavy atom. The lowest BCUT2D eigenvalue weighted by atomic mass is 10.2. The van der Waals surface area contributed by atoms with Crippen molar-refractivity contribution in [2.75, 3.05) is 0 Å². The number of halogens is 1. The van der Waals surface area contributed by atoms with Crippen molar-refractivity contribution in [1.82, 2.24) is 9.97 Å². The van der Waals surface area contributed by atoms with Gasteiger partial charge in [0, 0.05) is 18.5 Å². The van der Waals surface area contributed by atoms with Crippen LogP contribution in [0.2, 0.25) is 0 Å². The summed E-state index contributed by atoms with van der Waals surface area (Å²) < 4.78 is 35.9. The van der Waals surface area contributed by atoms with Gasteiger partial charge in [-0.1, -0.05) is 10.4 Å². The summed E-state index contributed by atoms with van der Waals surface area (Å²) >= 11 is 0. The van der Waals surface area contributed by atoms with Gasteiger partial charge in [-0.2, -0.15) is 14.0 Å². The Morgan fingerprint density at radius 2 is 1.71 bits per heavy atom. The Bertz CT molecular complexity index is 501. The lowest BCUT2D eigenvalue weighted by molar-refractivity contribution is -1.91. The predicted octanol–water partition coefficient (Wildman–Crippen LogP) is -1.58. The maximum Gasteiger partial charge on any atom is 0.315 e. The van der Waals surface area contributed by atoms with Gasteiger partial charge in [0.15, 0.2) is 0 Å².